The van der Waals surface area contributed by atoms with Gasteiger partial charge in [-0.3, -0.25) is 0 Å². The maximum atomic E-state index is 11.6. The van der Waals surface area contributed by atoms with Crippen molar-refractivity contribution in [3.05, 3.63) is 0 Å². The monoisotopic (exact) mass is 110 g/mol. The standard InChI is InChI=1S/C3H7FOS/c1-6-3(4)2-5/h3,5H,2H2,1H3. The largest absolute Gasteiger partial charge is 0.392 e. The van der Waals surface area contributed by atoms with E-state index in [1.54, 1.807) is 6.26 Å². The number of aliphatic hydroxyl groups is 1. The van der Waals surface area contributed by atoms with Gasteiger partial charge in [0.05, 0.1) is 6.61 Å². The Morgan fingerprint density at radius 2 is 2.50 bits per heavy atom. The van der Waals surface area contributed by atoms with Gasteiger partial charge in [-0.15, -0.1) is 11.8 Å². The smallest absolute Gasteiger partial charge is 0.168 e. The van der Waals surface area contributed by atoms with Crippen LogP contribution in [0.1, 0.15) is 0 Å². The van der Waals surface area contributed by atoms with Crippen LogP contribution in [0.2, 0.25) is 0 Å². The Morgan fingerprint density at radius 3 is 2.50 bits per heavy atom. The number of hydrogen-bond donors (Lipinski definition) is 1. The van der Waals surface area contributed by atoms with Gasteiger partial charge in [-0.2, -0.15) is 0 Å². The van der Waals surface area contributed by atoms with Crippen LogP contribution in [-0.4, -0.2) is 23.5 Å². The predicted octanol–water partition coefficient (Wildman–Crippen LogP) is 0.637. The molecule has 0 aromatic rings. The van der Waals surface area contributed by atoms with E-state index >= 15 is 0 Å². The molecule has 0 bridgehead atoms. The third kappa shape index (κ3) is 2.48. The van der Waals surface area contributed by atoms with Crippen molar-refractivity contribution in [1.29, 1.82) is 0 Å². The Kier molecular flexibility index (Phi) is 3.57. The third-order valence-electron chi connectivity index (χ3n) is 0.399. The highest BCUT2D eigenvalue weighted by Crippen LogP contribution is 2.04. The number of hydrogen-bond acceptors (Lipinski definition) is 2. The molecule has 0 saturated carbocycles. The molecule has 0 heterocycles. The van der Waals surface area contributed by atoms with Crippen LogP contribution in [0.15, 0.2) is 0 Å². The highest BCUT2D eigenvalue weighted by molar-refractivity contribution is 7.99. The molecule has 0 spiro atoms. The van der Waals surface area contributed by atoms with E-state index in [-0.39, 0.29) is 6.61 Å². The normalized spacial score (nSPS) is 14.5. The van der Waals surface area contributed by atoms with E-state index in [0.717, 1.165) is 11.8 Å². The van der Waals surface area contributed by atoms with Crippen LogP contribution in [0.3, 0.4) is 0 Å². The number of thioether (sulfide) groups is 1. The van der Waals surface area contributed by atoms with Gasteiger partial charge in [0, 0.05) is 0 Å². The summed E-state index contributed by atoms with van der Waals surface area (Å²) in [5.41, 5.74) is -1.09. The van der Waals surface area contributed by atoms with Gasteiger partial charge in [-0.25, -0.2) is 4.39 Å². The van der Waals surface area contributed by atoms with E-state index in [1.807, 2.05) is 0 Å². The van der Waals surface area contributed by atoms with Gasteiger partial charge in [0.1, 0.15) is 0 Å². The Morgan fingerprint density at radius 1 is 2.00 bits per heavy atom. The molecule has 0 amide bonds. The molecule has 1 unspecified atom stereocenters. The lowest BCUT2D eigenvalue weighted by Gasteiger charge is -1.93. The lowest BCUT2D eigenvalue weighted by molar-refractivity contribution is 0.234. The van der Waals surface area contributed by atoms with Gasteiger partial charge in [-0.1, -0.05) is 0 Å². The van der Waals surface area contributed by atoms with Gasteiger partial charge in [0.15, 0.2) is 5.50 Å². The van der Waals surface area contributed by atoms with Crippen LogP contribution in [0.4, 0.5) is 4.39 Å². The van der Waals surface area contributed by atoms with Crippen LogP contribution in [0.25, 0.3) is 0 Å². The highest BCUT2D eigenvalue weighted by atomic mass is 32.2. The first-order valence-corrected chi connectivity index (χ1v) is 2.87. The fourth-order valence-corrected chi connectivity index (χ4v) is 0.224. The second kappa shape index (κ2) is 3.43. The molecule has 0 aliphatic rings. The SMILES string of the molecule is CSC(F)CO. The number of rotatable bonds is 2. The van der Waals surface area contributed by atoms with Crippen LogP contribution in [-0.2, 0) is 0 Å². The topological polar surface area (TPSA) is 20.2 Å². The number of aliphatic hydroxyl groups excluding tert-OH is 1. The van der Waals surface area contributed by atoms with Crippen LogP contribution >= 0.6 is 11.8 Å². The van der Waals surface area contributed by atoms with Crippen molar-refractivity contribution in [2.45, 2.75) is 5.50 Å². The minimum atomic E-state index is -1.09. The maximum Gasteiger partial charge on any atom is 0.168 e. The van der Waals surface area contributed by atoms with E-state index in [4.69, 9.17) is 5.11 Å². The van der Waals surface area contributed by atoms with Crippen molar-refractivity contribution in [1.82, 2.24) is 0 Å². The maximum absolute atomic E-state index is 11.6. The molecule has 0 aromatic carbocycles. The molecule has 0 radical (unpaired) electrons. The molecule has 1 N–H and O–H groups in total. The fourth-order valence-electron chi connectivity index (χ4n) is 0.0745. The van der Waals surface area contributed by atoms with Gasteiger partial charge in [0.2, 0.25) is 0 Å². The molecule has 6 heavy (non-hydrogen) atoms. The molecule has 0 rings (SSSR count). The van der Waals surface area contributed by atoms with E-state index in [1.165, 1.54) is 0 Å². The first-order valence-electron chi connectivity index (χ1n) is 1.59. The summed E-state index contributed by atoms with van der Waals surface area (Å²) in [4.78, 5) is 0. The van der Waals surface area contributed by atoms with Crippen molar-refractivity contribution in [2.75, 3.05) is 12.9 Å². The summed E-state index contributed by atoms with van der Waals surface area (Å²) in [6.07, 6.45) is 1.61. The second-order valence-corrected chi connectivity index (χ2v) is 1.81. The number of halogens is 1. The molecule has 0 saturated heterocycles. The molecule has 3 heteroatoms. The Bertz CT molecular complexity index is 30.0. The van der Waals surface area contributed by atoms with Crippen LogP contribution in [0, 0.1) is 0 Å². The summed E-state index contributed by atoms with van der Waals surface area (Å²) >= 11 is 1.01. The lowest BCUT2D eigenvalue weighted by Crippen LogP contribution is -1.97. The van der Waals surface area contributed by atoms with Crippen LogP contribution in [0.5, 0.6) is 0 Å². The Labute approximate surface area is 40.6 Å². The van der Waals surface area contributed by atoms with Gasteiger partial charge in [0.25, 0.3) is 0 Å². The molecule has 0 aliphatic carbocycles. The first-order chi connectivity index (χ1) is 2.81. The average Bonchev–Trinajstić information content (AvgIpc) is 1.65. The lowest BCUT2D eigenvalue weighted by atomic mass is 10.8. The quantitative estimate of drug-likeness (QED) is 0.563. The van der Waals surface area contributed by atoms with Crippen molar-refractivity contribution in [3.8, 4) is 0 Å². The van der Waals surface area contributed by atoms with Gasteiger partial charge >= 0.3 is 0 Å². The highest BCUT2D eigenvalue weighted by Gasteiger charge is 1.96. The zero-order chi connectivity index (χ0) is 4.99. The second-order valence-electron chi connectivity index (χ2n) is 0.828. The third-order valence-corrected chi connectivity index (χ3v) is 1.06. The summed E-state index contributed by atoms with van der Waals surface area (Å²) in [5.74, 6) is 0. The van der Waals surface area contributed by atoms with Crippen LogP contribution < -0.4 is 0 Å². The molecule has 0 fully saturated rings. The average molecular weight is 110 g/mol. The van der Waals surface area contributed by atoms with Crippen molar-refractivity contribution >= 4 is 11.8 Å². The number of alkyl halides is 1. The first kappa shape index (κ1) is 6.24. The fraction of sp³-hybridized carbons (Fsp3) is 1.00. The molecule has 1 atom stereocenters. The van der Waals surface area contributed by atoms with Crippen molar-refractivity contribution in [3.63, 3.8) is 0 Å². The summed E-state index contributed by atoms with van der Waals surface area (Å²) in [5, 5.41) is 7.94. The minimum absolute atomic E-state index is 0.374. The van der Waals surface area contributed by atoms with Gasteiger partial charge in [-0.05, 0) is 6.26 Å². The molecular formula is C3H7FOS. The summed E-state index contributed by atoms with van der Waals surface area (Å²) in [6, 6.07) is 0. The van der Waals surface area contributed by atoms with E-state index in [0.29, 0.717) is 0 Å². The summed E-state index contributed by atoms with van der Waals surface area (Å²) < 4.78 is 11.6. The molecule has 1 nitrogen and oxygen atoms in total. The molecular weight excluding hydrogens is 103 g/mol. The van der Waals surface area contributed by atoms with E-state index in [9.17, 15) is 4.39 Å². The minimum Gasteiger partial charge on any atom is -0.392 e. The Balaban J connectivity index is 2.75. The van der Waals surface area contributed by atoms with Gasteiger partial charge < -0.3 is 5.11 Å². The predicted molar refractivity (Wildman–Crippen MR) is 25.5 cm³/mol. The Hall–Kier alpha value is 0.240. The zero-order valence-corrected chi connectivity index (χ0v) is 4.33. The zero-order valence-electron chi connectivity index (χ0n) is 3.52. The summed E-state index contributed by atoms with van der Waals surface area (Å²) in [6.45, 7) is -0.374. The summed E-state index contributed by atoms with van der Waals surface area (Å²) in [7, 11) is 0. The molecule has 38 valence electrons. The molecule has 0 aromatic heterocycles. The molecule has 0 aliphatic heterocycles. The van der Waals surface area contributed by atoms with E-state index < -0.39 is 5.50 Å². The van der Waals surface area contributed by atoms with E-state index in [2.05, 4.69) is 0 Å². The van der Waals surface area contributed by atoms with Crippen molar-refractivity contribution < 1.29 is 9.50 Å². The van der Waals surface area contributed by atoms with Crippen molar-refractivity contribution in [2.24, 2.45) is 0 Å².